The molecule has 0 saturated heterocycles. The molecule has 0 atom stereocenters. The van der Waals surface area contributed by atoms with Crippen molar-refractivity contribution in [2.45, 2.75) is 24.7 Å². The number of nitrogens with zero attached hydrogens (tertiary/aromatic N) is 1. The summed E-state index contributed by atoms with van der Waals surface area (Å²) in [5, 5.41) is 0. The Morgan fingerprint density at radius 3 is 2.67 bits per heavy atom. The van der Waals surface area contributed by atoms with E-state index in [0.29, 0.717) is 11.4 Å². The fourth-order valence-corrected chi connectivity index (χ4v) is 3.22. The summed E-state index contributed by atoms with van der Waals surface area (Å²) in [6, 6.07) is 12.2. The lowest BCUT2D eigenvalue weighted by atomic mass is 10.2. The van der Waals surface area contributed by atoms with Crippen LogP contribution in [0.4, 0.5) is 5.82 Å². The number of aryl methyl sites for hydroxylation is 2. The Labute approximate surface area is 125 Å². The van der Waals surface area contributed by atoms with Gasteiger partial charge in [0.1, 0.15) is 5.82 Å². The topological polar surface area (TPSA) is 59.1 Å². The molecule has 110 valence electrons. The van der Waals surface area contributed by atoms with Gasteiger partial charge in [-0.05, 0) is 43.5 Å². The molecular weight excluding hydrogens is 284 g/mol. The largest absolute Gasteiger partial charge is 0.263 e. The minimum absolute atomic E-state index is 0.267. The molecule has 0 aliphatic heterocycles. The molecule has 0 bridgehead atoms. The summed E-state index contributed by atoms with van der Waals surface area (Å²) >= 11 is 0. The van der Waals surface area contributed by atoms with Gasteiger partial charge in [-0.3, -0.25) is 4.72 Å². The smallest absolute Gasteiger partial charge is 0.263 e. The number of nitrogens with one attached hydrogen (secondary N) is 1. The normalized spacial score (nSPS) is 11.1. The average molecular weight is 302 g/mol. The minimum Gasteiger partial charge on any atom is -0.263 e. The maximum Gasteiger partial charge on any atom is 0.263 e. The van der Waals surface area contributed by atoms with Gasteiger partial charge in [0.2, 0.25) is 0 Å². The highest BCUT2D eigenvalue weighted by Crippen LogP contribution is 2.18. The van der Waals surface area contributed by atoms with Crippen LogP contribution < -0.4 is 4.72 Å². The van der Waals surface area contributed by atoms with Gasteiger partial charge in [0, 0.05) is 5.69 Å². The molecule has 0 amide bonds. The Morgan fingerprint density at radius 2 is 1.95 bits per heavy atom. The van der Waals surface area contributed by atoms with Gasteiger partial charge in [0.15, 0.2) is 0 Å². The standard InChI is InChI=1S/C16H18N2O2S/c1-3-4-9-14-10-7-12-16(17-14)18-21(19,20)15-11-6-5-8-13(15)2/h3,5-8,10-12H,1,4,9H2,2H3,(H,17,18). The number of anilines is 1. The van der Waals surface area contributed by atoms with Crippen molar-refractivity contribution in [3.8, 4) is 0 Å². The Balaban J connectivity index is 2.25. The van der Waals surface area contributed by atoms with E-state index >= 15 is 0 Å². The molecule has 4 nitrogen and oxygen atoms in total. The molecule has 2 rings (SSSR count). The van der Waals surface area contributed by atoms with E-state index in [-0.39, 0.29) is 4.90 Å². The first-order chi connectivity index (χ1) is 10.0. The van der Waals surface area contributed by atoms with Crippen LogP contribution in [0.2, 0.25) is 0 Å². The maximum absolute atomic E-state index is 12.4. The third kappa shape index (κ3) is 3.92. The summed E-state index contributed by atoms with van der Waals surface area (Å²) in [7, 11) is -3.61. The molecule has 1 N–H and O–H groups in total. The molecule has 5 heteroatoms. The maximum atomic E-state index is 12.4. The van der Waals surface area contributed by atoms with Gasteiger partial charge >= 0.3 is 0 Å². The third-order valence-electron chi connectivity index (χ3n) is 3.03. The second-order valence-corrected chi connectivity index (χ2v) is 6.36. The van der Waals surface area contributed by atoms with E-state index in [1.54, 1.807) is 37.3 Å². The lowest BCUT2D eigenvalue weighted by molar-refractivity contribution is 0.600. The second-order valence-electron chi connectivity index (χ2n) is 4.71. The van der Waals surface area contributed by atoms with Crippen LogP contribution in [0.25, 0.3) is 0 Å². The first kappa shape index (κ1) is 15.3. The van der Waals surface area contributed by atoms with E-state index < -0.39 is 10.0 Å². The molecule has 21 heavy (non-hydrogen) atoms. The van der Waals surface area contributed by atoms with Crippen LogP contribution in [0.3, 0.4) is 0 Å². The van der Waals surface area contributed by atoms with Gasteiger partial charge in [-0.1, -0.05) is 30.3 Å². The van der Waals surface area contributed by atoms with E-state index in [0.717, 1.165) is 18.5 Å². The van der Waals surface area contributed by atoms with Crippen molar-refractivity contribution in [2.24, 2.45) is 0 Å². The van der Waals surface area contributed by atoms with Gasteiger partial charge in [-0.25, -0.2) is 13.4 Å². The molecule has 0 fully saturated rings. The van der Waals surface area contributed by atoms with Crippen molar-refractivity contribution in [1.29, 1.82) is 0 Å². The van der Waals surface area contributed by atoms with E-state index in [1.165, 1.54) is 0 Å². The Morgan fingerprint density at radius 1 is 1.19 bits per heavy atom. The van der Waals surface area contributed by atoms with E-state index in [9.17, 15) is 8.42 Å². The molecule has 0 aliphatic rings. The predicted octanol–water partition coefficient (Wildman–Crippen LogP) is 3.31. The van der Waals surface area contributed by atoms with Crippen LogP contribution in [0, 0.1) is 6.92 Å². The Bertz CT molecular complexity index is 739. The Kier molecular flexibility index (Phi) is 4.75. The lowest BCUT2D eigenvalue weighted by Gasteiger charge is -2.10. The summed E-state index contributed by atoms with van der Waals surface area (Å²) in [6.45, 7) is 5.43. The monoisotopic (exact) mass is 302 g/mol. The highest BCUT2D eigenvalue weighted by molar-refractivity contribution is 7.92. The van der Waals surface area contributed by atoms with Gasteiger partial charge in [0.05, 0.1) is 4.90 Å². The molecule has 0 unspecified atom stereocenters. The molecule has 0 aliphatic carbocycles. The second kappa shape index (κ2) is 6.54. The highest BCUT2D eigenvalue weighted by Gasteiger charge is 2.16. The van der Waals surface area contributed by atoms with Crippen LogP contribution in [0.1, 0.15) is 17.7 Å². The molecular formula is C16H18N2O2S. The van der Waals surface area contributed by atoms with Crippen molar-refractivity contribution in [3.05, 3.63) is 66.4 Å². The van der Waals surface area contributed by atoms with Crippen molar-refractivity contribution in [1.82, 2.24) is 4.98 Å². The number of sulfonamides is 1. The molecule has 0 radical (unpaired) electrons. The lowest BCUT2D eigenvalue weighted by Crippen LogP contribution is -2.15. The number of hydrogen-bond donors (Lipinski definition) is 1. The van der Waals surface area contributed by atoms with Crippen molar-refractivity contribution >= 4 is 15.8 Å². The van der Waals surface area contributed by atoms with Crippen molar-refractivity contribution in [2.75, 3.05) is 4.72 Å². The first-order valence-corrected chi connectivity index (χ1v) is 8.16. The quantitative estimate of drug-likeness (QED) is 0.833. The summed E-state index contributed by atoms with van der Waals surface area (Å²) in [5.41, 5.74) is 1.53. The number of pyridine rings is 1. The Hall–Kier alpha value is -2.14. The minimum atomic E-state index is -3.61. The molecule has 1 heterocycles. The van der Waals surface area contributed by atoms with Gasteiger partial charge in [-0.2, -0.15) is 0 Å². The molecule has 1 aromatic heterocycles. The van der Waals surface area contributed by atoms with E-state index in [2.05, 4.69) is 16.3 Å². The zero-order valence-corrected chi connectivity index (χ0v) is 12.7. The predicted molar refractivity (Wildman–Crippen MR) is 84.7 cm³/mol. The fourth-order valence-electron chi connectivity index (χ4n) is 1.98. The van der Waals surface area contributed by atoms with Crippen molar-refractivity contribution in [3.63, 3.8) is 0 Å². The van der Waals surface area contributed by atoms with Crippen molar-refractivity contribution < 1.29 is 8.42 Å². The highest BCUT2D eigenvalue weighted by atomic mass is 32.2. The van der Waals surface area contributed by atoms with Crippen LogP contribution in [0.5, 0.6) is 0 Å². The molecule has 2 aromatic rings. The SMILES string of the molecule is C=CCCc1cccc(NS(=O)(=O)c2ccccc2C)n1. The van der Waals surface area contributed by atoms with Crippen LogP contribution >= 0.6 is 0 Å². The van der Waals surface area contributed by atoms with Crippen LogP contribution in [-0.4, -0.2) is 13.4 Å². The van der Waals surface area contributed by atoms with E-state index in [1.807, 2.05) is 18.2 Å². The van der Waals surface area contributed by atoms with Gasteiger partial charge < -0.3 is 0 Å². The molecule has 0 spiro atoms. The summed E-state index contributed by atoms with van der Waals surface area (Å²) in [5.74, 6) is 0.333. The zero-order valence-electron chi connectivity index (χ0n) is 11.9. The molecule has 1 aromatic carbocycles. The van der Waals surface area contributed by atoms with Gasteiger partial charge in [0.25, 0.3) is 10.0 Å². The number of hydrogen-bond acceptors (Lipinski definition) is 3. The number of rotatable bonds is 6. The van der Waals surface area contributed by atoms with Crippen LogP contribution in [0.15, 0.2) is 60.0 Å². The summed E-state index contributed by atoms with van der Waals surface area (Å²) in [4.78, 5) is 4.58. The van der Waals surface area contributed by atoms with Crippen LogP contribution in [-0.2, 0) is 16.4 Å². The summed E-state index contributed by atoms with van der Waals surface area (Å²) < 4.78 is 27.3. The number of allylic oxidation sites excluding steroid dienone is 1. The average Bonchev–Trinajstić information content (AvgIpc) is 2.45. The zero-order chi connectivity index (χ0) is 15.3. The van der Waals surface area contributed by atoms with Gasteiger partial charge in [-0.15, -0.1) is 6.58 Å². The fraction of sp³-hybridized carbons (Fsp3) is 0.188. The first-order valence-electron chi connectivity index (χ1n) is 6.68. The van der Waals surface area contributed by atoms with E-state index in [4.69, 9.17) is 0 Å². The summed E-state index contributed by atoms with van der Waals surface area (Å²) in [6.07, 6.45) is 3.36. The molecule has 0 saturated carbocycles. The third-order valence-corrected chi connectivity index (χ3v) is 4.55. The number of aromatic nitrogens is 1. The number of benzene rings is 1.